The first-order chi connectivity index (χ1) is 68.5. The van der Waals surface area contributed by atoms with Crippen LogP contribution in [0.1, 0.15) is 120 Å². The van der Waals surface area contributed by atoms with Crippen LogP contribution in [0.15, 0.2) is 328 Å². The number of nitrogens with zero attached hydrogens (tertiary/aromatic N) is 4. The molecule has 0 amide bonds. The lowest BCUT2D eigenvalue weighted by atomic mass is 9.93. The number of carboxylic acids is 2. The fraction of sp³-hybridized carbons (Fsp3) is 0.145. The molecule has 14 nitrogen and oxygen atoms in total. The molecule has 708 valence electrons. The largest absolute Gasteiger partial charge is 0.507 e. The van der Waals surface area contributed by atoms with Crippen LogP contribution in [-0.4, -0.2) is 76.6 Å². The van der Waals surface area contributed by atoms with Gasteiger partial charge in [0, 0.05) is 180 Å². The van der Waals surface area contributed by atoms with Gasteiger partial charge in [0.1, 0.15) is 23.1 Å². The summed E-state index contributed by atoms with van der Waals surface area (Å²) in [6.07, 6.45) is 8.59. The second kappa shape index (κ2) is 49.8. The smallest absolute Gasteiger partial charge is 0.338 e. The Balaban J connectivity index is 0.000000178. The first kappa shape index (κ1) is 101. The zero-order valence-electron chi connectivity index (χ0n) is 76.0. The highest BCUT2D eigenvalue weighted by Gasteiger charge is 2.28. The van der Waals surface area contributed by atoms with E-state index in [-0.39, 0.29) is 34.6 Å². The van der Waals surface area contributed by atoms with Crippen molar-refractivity contribution in [3.63, 3.8) is 0 Å². The number of phenols is 2. The second-order valence-corrected chi connectivity index (χ2v) is 57.5. The van der Waals surface area contributed by atoms with Crippen LogP contribution in [-0.2, 0) is 156 Å². The zero-order valence-corrected chi connectivity index (χ0v) is 89.0. The van der Waals surface area contributed by atoms with Crippen LogP contribution < -0.4 is 0 Å². The monoisotopic (exact) mass is 2140 g/mol. The number of hydrogen-bond acceptors (Lipinski definition) is 12. The van der Waals surface area contributed by atoms with E-state index in [1.54, 1.807) is 143 Å². The molecule has 0 saturated heterocycles. The molecule has 2 atom stereocenters. The molecular weight excluding hydrogens is 2050 g/mol. The Morgan fingerprint density at radius 1 is 0.307 bits per heavy atom. The highest BCUT2D eigenvalue weighted by atomic mass is 33.5. The Labute approximate surface area is 861 Å². The Bertz CT molecular complexity index is 8360. The molecule has 0 bridgehead atoms. The minimum atomic E-state index is -0.982. The molecule has 0 spiro atoms. The normalized spacial score (nSPS) is 11.4. The number of phenolic OH excluding ortho intramolecular Hbond substituents is 2. The molecule has 0 aliphatic heterocycles. The molecule has 18 aromatic rings. The van der Waals surface area contributed by atoms with E-state index in [9.17, 15) is 39.6 Å². The number of aromatic carboxylic acids is 2. The van der Waals surface area contributed by atoms with Crippen molar-refractivity contribution < 1.29 is 49.1 Å². The van der Waals surface area contributed by atoms with Crippen LogP contribution in [0, 0.1) is 11.8 Å². The number of fused-ring (bicyclic) bond motifs is 12. The number of hydrogen-bond donors (Lipinski definition) is 4. The van der Waals surface area contributed by atoms with Gasteiger partial charge in [-0.1, -0.05) is 272 Å². The molecule has 4 N–H and O–H groups in total. The van der Waals surface area contributed by atoms with Crippen molar-refractivity contribution in [3.8, 4) is 112 Å². The molecule has 18 rings (SSSR count). The van der Waals surface area contributed by atoms with Crippen molar-refractivity contribution in [1.29, 1.82) is 0 Å². The maximum Gasteiger partial charge on any atom is 0.338 e. The van der Waals surface area contributed by atoms with E-state index in [0.29, 0.717) is 59.0 Å². The third-order valence-electron chi connectivity index (χ3n) is 24.3. The first-order valence-electron chi connectivity index (χ1n) is 45.1. The number of esters is 2. The third kappa shape index (κ3) is 24.4. The summed E-state index contributed by atoms with van der Waals surface area (Å²) in [5.41, 5.74) is 19.0. The predicted octanol–water partition coefficient (Wildman–Crippen LogP) is 27.5. The number of aromatic nitrogens is 4. The summed E-state index contributed by atoms with van der Waals surface area (Å²) in [7, 11) is 23.5. The van der Waals surface area contributed by atoms with E-state index in [2.05, 4.69) is 122 Å². The van der Waals surface area contributed by atoms with Crippen LogP contribution in [0.5, 0.6) is 11.5 Å². The lowest BCUT2D eigenvalue weighted by Gasteiger charge is -2.15. The fourth-order valence-corrected chi connectivity index (χ4v) is 50.0. The maximum absolute atomic E-state index is 13.2. The summed E-state index contributed by atoms with van der Waals surface area (Å²) >= 11 is 9.46. The minimum Gasteiger partial charge on any atom is -0.507 e. The van der Waals surface area contributed by atoms with Crippen molar-refractivity contribution in [2.45, 2.75) is 79.1 Å². The number of carboxylic acid groups (broad SMARTS) is 2. The number of para-hydroxylation sites is 2. The van der Waals surface area contributed by atoms with Gasteiger partial charge in [-0.15, -0.1) is 0 Å². The summed E-state index contributed by atoms with van der Waals surface area (Å²) in [5.74, 6) is -0.459. The molecule has 0 fully saturated rings. The first-order valence-corrected chi connectivity index (χ1v) is 65.1. The van der Waals surface area contributed by atoms with Gasteiger partial charge >= 0.3 is 23.9 Å². The van der Waals surface area contributed by atoms with Gasteiger partial charge in [0.05, 0.1) is 68.7 Å². The van der Waals surface area contributed by atoms with Gasteiger partial charge in [0.2, 0.25) is 0 Å². The van der Waals surface area contributed by atoms with E-state index >= 15 is 0 Å². The van der Waals surface area contributed by atoms with Gasteiger partial charge < -0.3 is 29.9 Å². The number of benzene rings is 16. The summed E-state index contributed by atoms with van der Waals surface area (Å²) < 4.78 is 15.9. The van der Waals surface area contributed by atoms with Crippen LogP contribution in [0.25, 0.3) is 166 Å². The van der Waals surface area contributed by atoms with E-state index < -0.39 is 11.9 Å². The predicted molar refractivity (Wildman–Crippen MR) is 618 cm³/mol. The van der Waals surface area contributed by atoms with Crippen molar-refractivity contribution >= 4 is 236 Å². The van der Waals surface area contributed by atoms with Gasteiger partial charge in [0.15, 0.2) is 0 Å². The lowest BCUT2D eigenvalue weighted by molar-refractivity contribution is 0.0419. The molecular formula is C110H92N4O10S16. The average Bonchev–Trinajstić information content (AvgIpc) is 1.55. The molecule has 30 heteroatoms. The van der Waals surface area contributed by atoms with Gasteiger partial charge in [-0.25, -0.2) is 29.1 Å². The summed E-state index contributed by atoms with van der Waals surface area (Å²) in [6, 6.07) is 106. The van der Waals surface area contributed by atoms with Crippen LogP contribution in [0.2, 0.25) is 0 Å². The Morgan fingerprint density at radius 3 is 0.871 bits per heavy atom. The molecule has 2 aromatic heterocycles. The minimum absolute atomic E-state index is 0.0919. The van der Waals surface area contributed by atoms with Crippen LogP contribution >= 0.6 is 0 Å². The number of unbranched alkanes of at least 4 members (excludes halogenated alkanes) is 2. The van der Waals surface area contributed by atoms with Crippen molar-refractivity contribution in [2.75, 3.05) is 13.2 Å². The third-order valence-corrected chi connectivity index (χ3v) is 53.2. The zero-order chi connectivity index (χ0) is 97.4. The topological polar surface area (TPSA) is 203 Å². The highest BCUT2D eigenvalue weighted by molar-refractivity contribution is 8.77. The van der Waals surface area contributed by atoms with Crippen molar-refractivity contribution in [3.05, 3.63) is 350 Å². The molecule has 16 aromatic carbocycles. The van der Waals surface area contributed by atoms with Gasteiger partial charge in [-0.3, -0.25) is 9.13 Å². The molecule has 140 heavy (non-hydrogen) atoms. The molecule has 0 aliphatic rings. The second-order valence-electron chi connectivity index (χ2n) is 32.7. The number of aromatic hydroxyl groups is 2. The number of rotatable bonds is 26. The van der Waals surface area contributed by atoms with Crippen LogP contribution in [0.3, 0.4) is 0 Å². The molecule has 0 radical (unpaired) electrons. The number of ether oxygens (including phenoxy) is 2. The Hall–Kier alpha value is -11.5. The quantitative estimate of drug-likeness (QED) is 0.0294. The van der Waals surface area contributed by atoms with Gasteiger partial charge in [-0.05, 0) is 234 Å². The summed E-state index contributed by atoms with van der Waals surface area (Å²) in [6.45, 7) is 9.54. The maximum atomic E-state index is 13.2. The number of imidazole rings is 2. The van der Waals surface area contributed by atoms with E-state index in [0.717, 1.165) is 195 Å². The number of carbonyl (C=O) groups excluding carboxylic acids is 2. The molecule has 0 saturated carbocycles. The summed E-state index contributed by atoms with van der Waals surface area (Å²) in [5, 5.41) is 50.1. The standard InChI is InChI=1S/C63H62N2O5.C47H30N2O5.S16/c1-5-9-17-42(7-3)40-69-62(67)47-27-23-45(24-28-47)49-31-34-53-54-35-32-50(46-25-29-48(30-26-46)63(68)70-41-43(8-4)18-10-6-2)38-56(54)60-59(55(53)37-49)64-61(65(60)52-21-15-12-16-22-52)57-39-51(33-36-58(57)66)44-19-13-11-14-20-44;50-42-24-21-35(28-7-3-1-4-8-28)27-41(42)45-48-43-39-25-33(29-11-15-31(16-12-29)46(51)52)19-22-37(39)38-23-20-34(30-13-17-32(18-14-30)47(53)54)26-40(38)44(43)49(45)36-9-5-2-6-10-36;1-3-5-7-9-11-13-15-16-14-12-10-8-6-4-2/h11-16,19-39,42-43,66H,5-10,17-18,40-41H2,1-4H3;1-27,50H,(H,51,52)(H,53,54);. The van der Waals surface area contributed by atoms with E-state index in [1.165, 1.54) is 17.8 Å². The van der Waals surface area contributed by atoms with Crippen LogP contribution in [0.4, 0.5) is 0 Å². The van der Waals surface area contributed by atoms with Crippen molar-refractivity contribution in [1.82, 2.24) is 19.1 Å². The molecule has 0 aliphatic carbocycles. The van der Waals surface area contributed by atoms with E-state index in [4.69, 9.17) is 41.8 Å². The van der Waals surface area contributed by atoms with E-state index in [1.807, 2.05) is 206 Å². The Morgan fingerprint density at radius 2 is 0.571 bits per heavy atom. The number of carbonyl (C=O) groups is 4. The summed E-state index contributed by atoms with van der Waals surface area (Å²) in [4.78, 5) is 60.6. The lowest BCUT2D eigenvalue weighted by Crippen LogP contribution is -2.14. The SMILES string of the molecule is CCCCC(CC)COC(=O)c1ccc(-c2ccc3c4ccc(-c5ccc(C(=O)OCC(CC)CCCC)cc5)cc4c4c(nc(-c5cc(-c6ccccc6)ccc5O)n4-c4ccccc4)c3c2)cc1.O=C(O)c1ccc(-c2ccc3c4ccc(-c5ccc(C(=O)O)cc5)cc4c4c(nc(-c5cc(-c6ccccc6)ccc5O)n4-c4ccccc4)c3c2)cc1.S=S=S=S=S=S=S=S=S=S=S=S=S=S=S=S. The van der Waals surface area contributed by atoms with Crippen molar-refractivity contribution in [2.24, 2.45) is 11.8 Å². The van der Waals surface area contributed by atoms with Gasteiger partial charge in [0.25, 0.3) is 0 Å². The molecule has 2 heterocycles. The van der Waals surface area contributed by atoms with Gasteiger partial charge in [-0.2, -0.15) is 0 Å². The fourth-order valence-electron chi connectivity index (χ4n) is 17.1. The highest BCUT2D eigenvalue weighted by Crippen LogP contribution is 2.48. The Kier molecular flexibility index (Phi) is 36.1. The average molecular weight is 2140 g/mol. The molecule has 2 unspecified atom stereocenters.